The number of anilines is 1. The van der Waals surface area contributed by atoms with Crippen LogP contribution in [-0.2, 0) is 26.4 Å². The van der Waals surface area contributed by atoms with Crippen LogP contribution < -0.4 is 5.32 Å². The molecule has 0 atom stereocenters. The monoisotopic (exact) mass is 429 g/mol. The zero-order valence-corrected chi connectivity index (χ0v) is 16.4. The van der Waals surface area contributed by atoms with E-state index in [1.807, 2.05) is 29.2 Å². The van der Waals surface area contributed by atoms with Crippen LogP contribution in [0.2, 0.25) is 0 Å². The molecule has 3 amide bonds. The van der Waals surface area contributed by atoms with Gasteiger partial charge in [0.1, 0.15) is 6.61 Å². The number of carbonyl (C=O) groups excluding carboxylic acids is 3. The van der Waals surface area contributed by atoms with Gasteiger partial charge in [0.05, 0.1) is 0 Å². The van der Waals surface area contributed by atoms with Gasteiger partial charge in [0.25, 0.3) is 0 Å². The third-order valence-corrected chi connectivity index (χ3v) is 4.58. The van der Waals surface area contributed by atoms with E-state index in [9.17, 15) is 14.4 Å². The van der Waals surface area contributed by atoms with Crippen LogP contribution in [0, 0.1) is 0 Å². The molecule has 0 radical (unpaired) electrons. The Morgan fingerprint density at radius 2 is 1.83 bits per heavy atom. The van der Waals surface area contributed by atoms with Crippen LogP contribution in [0.5, 0.6) is 0 Å². The lowest BCUT2D eigenvalue weighted by atomic mass is 10.0. The highest BCUT2D eigenvalue weighted by Crippen LogP contribution is 2.24. The first-order chi connectivity index (χ1) is 13.7. The smallest absolute Gasteiger partial charge is 0.410 e. The molecule has 2 aliphatic heterocycles. The standard InChI is InChI=1S/C17H21N3O4.H2O4S/c21-11-12-24-17(23)19-8-6-14(7-9-19)20-10-5-13-3-1-2-4-15(13)18-16(20)22;1-5(2,3)4/h1-4,11,14H,5-10,12H2,(H,18,22);(H2,1,2,3,4). The summed E-state index contributed by atoms with van der Waals surface area (Å²) >= 11 is 0. The first-order valence-electron chi connectivity index (χ1n) is 8.89. The highest BCUT2D eigenvalue weighted by atomic mass is 32.3. The fourth-order valence-electron chi connectivity index (χ4n) is 3.29. The van der Waals surface area contributed by atoms with E-state index in [2.05, 4.69) is 5.32 Å². The van der Waals surface area contributed by atoms with E-state index in [1.165, 1.54) is 0 Å². The number of para-hydroxylation sites is 1. The molecule has 1 fully saturated rings. The molecular formula is C17H23N3O8S. The Hall–Kier alpha value is -2.70. The van der Waals surface area contributed by atoms with E-state index in [-0.39, 0.29) is 18.7 Å². The van der Waals surface area contributed by atoms with E-state index in [4.69, 9.17) is 22.3 Å². The van der Waals surface area contributed by atoms with Crippen molar-refractivity contribution in [2.24, 2.45) is 0 Å². The van der Waals surface area contributed by atoms with E-state index in [0.29, 0.717) is 38.8 Å². The third-order valence-electron chi connectivity index (χ3n) is 4.58. The number of carbonyl (C=O) groups is 3. The molecule has 0 spiro atoms. The van der Waals surface area contributed by atoms with Crippen molar-refractivity contribution >= 4 is 34.5 Å². The van der Waals surface area contributed by atoms with Gasteiger partial charge < -0.3 is 19.9 Å². The highest BCUT2D eigenvalue weighted by Gasteiger charge is 2.31. The largest absolute Gasteiger partial charge is 0.442 e. The number of hydrogen-bond acceptors (Lipinski definition) is 6. The molecule has 2 heterocycles. The lowest BCUT2D eigenvalue weighted by Crippen LogP contribution is -2.50. The molecule has 3 N–H and O–H groups in total. The van der Waals surface area contributed by atoms with E-state index < -0.39 is 16.5 Å². The number of nitrogens with zero attached hydrogens (tertiary/aromatic N) is 2. The summed E-state index contributed by atoms with van der Waals surface area (Å²) in [7, 11) is -4.67. The molecule has 1 aromatic carbocycles. The molecular weight excluding hydrogens is 406 g/mol. The topological polar surface area (TPSA) is 154 Å². The Morgan fingerprint density at radius 3 is 2.45 bits per heavy atom. The molecule has 3 rings (SSSR count). The number of rotatable bonds is 3. The maximum atomic E-state index is 12.5. The first kappa shape index (κ1) is 22.6. The number of urea groups is 1. The summed E-state index contributed by atoms with van der Waals surface area (Å²) in [5, 5.41) is 2.97. The van der Waals surface area contributed by atoms with E-state index in [1.54, 1.807) is 4.90 Å². The maximum absolute atomic E-state index is 12.5. The van der Waals surface area contributed by atoms with Gasteiger partial charge in [-0.2, -0.15) is 8.42 Å². The second kappa shape index (κ2) is 10.2. The van der Waals surface area contributed by atoms with Gasteiger partial charge in [-0.3, -0.25) is 13.9 Å². The van der Waals surface area contributed by atoms with Crippen molar-refractivity contribution in [2.75, 3.05) is 31.6 Å². The quantitative estimate of drug-likeness (QED) is 0.479. The molecule has 1 aromatic rings. The second-order valence-electron chi connectivity index (χ2n) is 6.44. The molecule has 29 heavy (non-hydrogen) atoms. The minimum Gasteiger partial charge on any atom is -0.442 e. The molecule has 0 aliphatic carbocycles. The molecule has 1 saturated heterocycles. The second-order valence-corrected chi connectivity index (χ2v) is 7.34. The van der Waals surface area contributed by atoms with Crippen molar-refractivity contribution in [2.45, 2.75) is 25.3 Å². The van der Waals surface area contributed by atoms with Crippen molar-refractivity contribution in [1.29, 1.82) is 0 Å². The summed E-state index contributed by atoms with van der Waals surface area (Å²) in [5.74, 6) is 0. The van der Waals surface area contributed by atoms with Crippen molar-refractivity contribution in [3.05, 3.63) is 29.8 Å². The third kappa shape index (κ3) is 7.33. The SMILES string of the molecule is O=CCOC(=O)N1CCC(N2CCc3ccccc3NC2=O)CC1.O=S(=O)(O)O. The number of aldehydes is 1. The summed E-state index contributed by atoms with van der Waals surface area (Å²) in [5.41, 5.74) is 2.02. The Morgan fingerprint density at radius 1 is 1.21 bits per heavy atom. The van der Waals surface area contributed by atoms with E-state index >= 15 is 0 Å². The number of ether oxygens (including phenoxy) is 1. The Kier molecular flexibility index (Phi) is 7.93. The number of benzene rings is 1. The van der Waals surface area contributed by atoms with Crippen LogP contribution in [0.1, 0.15) is 18.4 Å². The van der Waals surface area contributed by atoms with Crippen molar-refractivity contribution in [3.8, 4) is 0 Å². The van der Waals surface area contributed by atoms with Crippen LogP contribution in [0.25, 0.3) is 0 Å². The number of likely N-dealkylation sites (tertiary alicyclic amines) is 1. The van der Waals surface area contributed by atoms with Gasteiger partial charge >= 0.3 is 22.5 Å². The Balaban J connectivity index is 0.000000537. The minimum absolute atomic E-state index is 0.0815. The number of piperidine rings is 1. The lowest BCUT2D eigenvalue weighted by molar-refractivity contribution is -0.110. The van der Waals surface area contributed by atoms with Gasteiger partial charge in [-0.25, -0.2) is 9.59 Å². The zero-order chi connectivity index (χ0) is 21.4. The summed E-state index contributed by atoms with van der Waals surface area (Å²) in [6, 6.07) is 7.87. The Bertz CT molecular complexity index is 829. The first-order valence-corrected chi connectivity index (χ1v) is 10.3. The van der Waals surface area contributed by atoms with E-state index in [0.717, 1.165) is 17.7 Å². The maximum Gasteiger partial charge on any atom is 0.410 e. The minimum atomic E-state index is -4.67. The molecule has 0 unspecified atom stereocenters. The summed E-state index contributed by atoms with van der Waals surface area (Å²) in [6.45, 7) is 1.51. The van der Waals surface area contributed by atoms with Gasteiger partial charge in [-0.05, 0) is 30.9 Å². The fourth-order valence-corrected chi connectivity index (χ4v) is 3.29. The molecule has 12 heteroatoms. The van der Waals surface area contributed by atoms with Gasteiger partial charge in [0.2, 0.25) is 0 Å². The highest BCUT2D eigenvalue weighted by molar-refractivity contribution is 7.79. The van der Waals surface area contributed by atoms with Gasteiger partial charge in [-0.1, -0.05) is 18.2 Å². The normalized spacial score (nSPS) is 17.2. The van der Waals surface area contributed by atoms with Gasteiger partial charge in [0.15, 0.2) is 6.29 Å². The molecule has 0 saturated carbocycles. The van der Waals surface area contributed by atoms with Crippen LogP contribution in [0.15, 0.2) is 24.3 Å². The predicted molar refractivity (Wildman–Crippen MR) is 102 cm³/mol. The molecule has 2 aliphatic rings. The van der Waals surface area contributed by atoms with Crippen molar-refractivity contribution in [3.63, 3.8) is 0 Å². The Labute approximate surface area is 168 Å². The predicted octanol–water partition coefficient (Wildman–Crippen LogP) is 1.22. The summed E-state index contributed by atoms with van der Waals surface area (Å²) in [4.78, 5) is 38.0. The van der Waals surface area contributed by atoms with Crippen molar-refractivity contribution < 1.29 is 36.6 Å². The fraction of sp³-hybridized carbons (Fsp3) is 0.471. The van der Waals surface area contributed by atoms with Crippen LogP contribution in [0.4, 0.5) is 15.3 Å². The van der Waals surface area contributed by atoms with Crippen LogP contribution in [-0.4, -0.2) is 78.0 Å². The average Bonchev–Trinajstić information content (AvgIpc) is 2.83. The number of nitrogens with one attached hydrogen (secondary N) is 1. The summed E-state index contributed by atoms with van der Waals surface area (Å²) in [6.07, 6.45) is 2.33. The van der Waals surface area contributed by atoms with Crippen LogP contribution >= 0.6 is 0 Å². The van der Waals surface area contributed by atoms with Crippen molar-refractivity contribution in [1.82, 2.24) is 9.80 Å². The number of fused-ring (bicyclic) bond motifs is 1. The zero-order valence-electron chi connectivity index (χ0n) is 15.6. The van der Waals surface area contributed by atoms with Crippen LogP contribution in [0.3, 0.4) is 0 Å². The number of hydrogen-bond donors (Lipinski definition) is 3. The number of amides is 3. The molecule has 0 bridgehead atoms. The van der Waals surface area contributed by atoms with Gasteiger partial charge in [-0.15, -0.1) is 0 Å². The summed E-state index contributed by atoms with van der Waals surface area (Å²) < 4.78 is 36.4. The lowest BCUT2D eigenvalue weighted by Gasteiger charge is -2.37. The molecule has 160 valence electrons. The van der Waals surface area contributed by atoms with Gasteiger partial charge in [0, 0.05) is 31.4 Å². The molecule has 11 nitrogen and oxygen atoms in total. The average molecular weight is 429 g/mol. The molecule has 0 aromatic heterocycles.